The molecule has 0 fully saturated rings. The maximum absolute atomic E-state index is 5.34. The summed E-state index contributed by atoms with van der Waals surface area (Å²) < 4.78 is 5.34. The molecule has 1 N–H and O–H groups in total. The zero-order valence-corrected chi connectivity index (χ0v) is 10.8. The Labute approximate surface area is 95.9 Å². The van der Waals surface area contributed by atoms with Crippen LogP contribution in [0.1, 0.15) is 31.0 Å². The molecule has 0 aliphatic rings. The third-order valence-electron chi connectivity index (χ3n) is 2.43. The number of nitrogens with zero attached hydrogens (tertiary/aromatic N) is 1. The molecule has 0 atom stereocenters. The molecule has 0 aliphatic heterocycles. The summed E-state index contributed by atoms with van der Waals surface area (Å²) in [6, 6.07) is 0. The number of methoxy groups -OCH3 is 1. The molecule has 86 valence electrons. The molecule has 0 spiro atoms. The van der Waals surface area contributed by atoms with Gasteiger partial charge in [0.05, 0.1) is 16.3 Å². The van der Waals surface area contributed by atoms with E-state index in [0.717, 1.165) is 30.2 Å². The van der Waals surface area contributed by atoms with E-state index in [1.165, 1.54) is 0 Å². The van der Waals surface area contributed by atoms with Gasteiger partial charge in [0.15, 0.2) is 0 Å². The first-order valence-electron chi connectivity index (χ1n) is 5.20. The van der Waals surface area contributed by atoms with Gasteiger partial charge in [-0.05, 0) is 33.7 Å². The normalized spacial score (nSPS) is 12.0. The zero-order chi connectivity index (χ0) is 11.3. The van der Waals surface area contributed by atoms with Gasteiger partial charge >= 0.3 is 0 Å². The van der Waals surface area contributed by atoms with Crippen molar-refractivity contribution in [1.82, 2.24) is 10.3 Å². The van der Waals surface area contributed by atoms with Gasteiger partial charge in [0.2, 0.25) is 0 Å². The second kappa shape index (κ2) is 5.58. The summed E-state index contributed by atoms with van der Waals surface area (Å²) in [5.74, 6) is 0. The SMILES string of the molecule is COC(C)(C)CCNCc1csc(C)n1. The standard InChI is InChI=1S/C11H20N2OS/c1-9-13-10(8-15-9)7-12-6-5-11(2,3)14-4/h8,12H,5-7H2,1-4H3. The predicted molar refractivity (Wildman–Crippen MR) is 64.3 cm³/mol. The minimum Gasteiger partial charge on any atom is -0.379 e. The molecule has 15 heavy (non-hydrogen) atoms. The smallest absolute Gasteiger partial charge is 0.0897 e. The van der Waals surface area contributed by atoms with Gasteiger partial charge in [0.1, 0.15) is 0 Å². The van der Waals surface area contributed by atoms with Crippen molar-refractivity contribution in [2.75, 3.05) is 13.7 Å². The zero-order valence-electron chi connectivity index (χ0n) is 9.96. The quantitative estimate of drug-likeness (QED) is 0.759. The van der Waals surface area contributed by atoms with Gasteiger partial charge in [0, 0.05) is 19.0 Å². The van der Waals surface area contributed by atoms with Gasteiger partial charge in [-0.2, -0.15) is 0 Å². The highest BCUT2D eigenvalue weighted by molar-refractivity contribution is 7.09. The van der Waals surface area contributed by atoms with Crippen LogP contribution in [0, 0.1) is 6.92 Å². The van der Waals surface area contributed by atoms with Crippen LogP contribution in [0.3, 0.4) is 0 Å². The Hall–Kier alpha value is -0.450. The van der Waals surface area contributed by atoms with E-state index in [1.807, 2.05) is 6.92 Å². The largest absolute Gasteiger partial charge is 0.379 e. The molecular formula is C11H20N2OS. The monoisotopic (exact) mass is 228 g/mol. The molecule has 0 unspecified atom stereocenters. The third kappa shape index (κ3) is 4.73. The average Bonchev–Trinajstić information content (AvgIpc) is 2.59. The van der Waals surface area contributed by atoms with Gasteiger partial charge in [0.25, 0.3) is 0 Å². The summed E-state index contributed by atoms with van der Waals surface area (Å²) in [5.41, 5.74) is 1.10. The van der Waals surface area contributed by atoms with Crippen molar-refractivity contribution in [2.45, 2.75) is 39.3 Å². The summed E-state index contributed by atoms with van der Waals surface area (Å²) in [7, 11) is 1.75. The molecule has 0 saturated heterocycles. The van der Waals surface area contributed by atoms with Crippen molar-refractivity contribution >= 4 is 11.3 Å². The Morgan fingerprint density at radius 3 is 2.80 bits per heavy atom. The van der Waals surface area contributed by atoms with E-state index in [1.54, 1.807) is 18.4 Å². The fourth-order valence-electron chi connectivity index (χ4n) is 1.20. The van der Waals surface area contributed by atoms with E-state index in [2.05, 4.69) is 29.5 Å². The molecule has 4 heteroatoms. The van der Waals surface area contributed by atoms with Gasteiger partial charge in [-0.3, -0.25) is 0 Å². The minimum atomic E-state index is -0.0367. The van der Waals surface area contributed by atoms with E-state index < -0.39 is 0 Å². The van der Waals surface area contributed by atoms with Gasteiger partial charge in [-0.25, -0.2) is 4.98 Å². The second-order valence-electron chi connectivity index (χ2n) is 4.25. The molecule has 1 aromatic heterocycles. The number of rotatable bonds is 6. The molecule has 1 aromatic rings. The number of hydrogen-bond donors (Lipinski definition) is 1. The Kier molecular flexibility index (Phi) is 4.70. The highest BCUT2D eigenvalue weighted by Gasteiger charge is 2.14. The predicted octanol–water partition coefficient (Wildman–Crippen LogP) is 2.36. The highest BCUT2D eigenvalue weighted by atomic mass is 32.1. The Morgan fingerprint density at radius 2 is 2.27 bits per heavy atom. The van der Waals surface area contributed by atoms with Crippen LogP contribution in [0.4, 0.5) is 0 Å². The minimum absolute atomic E-state index is 0.0367. The van der Waals surface area contributed by atoms with Crippen LogP contribution >= 0.6 is 11.3 Å². The van der Waals surface area contributed by atoms with Crippen LogP contribution in [0.2, 0.25) is 0 Å². The number of aromatic nitrogens is 1. The van der Waals surface area contributed by atoms with Crippen LogP contribution < -0.4 is 5.32 Å². The van der Waals surface area contributed by atoms with Crippen molar-refractivity contribution in [2.24, 2.45) is 0 Å². The lowest BCUT2D eigenvalue weighted by molar-refractivity contribution is 0.0158. The summed E-state index contributed by atoms with van der Waals surface area (Å²) in [5, 5.41) is 6.60. The first-order chi connectivity index (χ1) is 7.03. The van der Waals surface area contributed by atoms with Crippen LogP contribution in [-0.4, -0.2) is 24.2 Å². The Bertz CT molecular complexity index is 297. The maximum atomic E-state index is 5.34. The third-order valence-corrected chi connectivity index (χ3v) is 3.25. The molecular weight excluding hydrogens is 208 g/mol. The van der Waals surface area contributed by atoms with Crippen molar-refractivity contribution in [3.05, 3.63) is 16.1 Å². The van der Waals surface area contributed by atoms with Crippen molar-refractivity contribution in [3.63, 3.8) is 0 Å². The summed E-state index contributed by atoms with van der Waals surface area (Å²) in [6.45, 7) is 8.03. The lowest BCUT2D eigenvalue weighted by atomic mass is 10.1. The van der Waals surface area contributed by atoms with E-state index in [-0.39, 0.29) is 5.60 Å². The topological polar surface area (TPSA) is 34.1 Å². The molecule has 0 aliphatic carbocycles. The van der Waals surface area contributed by atoms with Crippen molar-refractivity contribution in [3.8, 4) is 0 Å². The van der Waals surface area contributed by atoms with Gasteiger partial charge in [-0.15, -0.1) is 11.3 Å². The fourth-order valence-corrected chi connectivity index (χ4v) is 1.81. The summed E-state index contributed by atoms with van der Waals surface area (Å²) in [6.07, 6.45) is 1.01. The average molecular weight is 228 g/mol. The maximum Gasteiger partial charge on any atom is 0.0897 e. The number of hydrogen-bond acceptors (Lipinski definition) is 4. The molecule has 0 aromatic carbocycles. The van der Waals surface area contributed by atoms with Gasteiger partial charge in [-0.1, -0.05) is 0 Å². The lowest BCUT2D eigenvalue weighted by Gasteiger charge is -2.22. The fraction of sp³-hybridized carbons (Fsp3) is 0.727. The van der Waals surface area contributed by atoms with Gasteiger partial charge < -0.3 is 10.1 Å². The number of thiazole rings is 1. The summed E-state index contributed by atoms with van der Waals surface area (Å²) in [4.78, 5) is 4.39. The van der Waals surface area contributed by atoms with E-state index in [4.69, 9.17) is 4.74 Å². The highest BCUT2D eigenvalue weighted by Crippen LogP contribution is 2.12. The molecule has 0 bridgehead atoms. The van der Waals surface area contributed by atoms with E-state index in [0.29, 0.717) is 0 Å². The number of aryl methyl sites for hydroxylation is 1. The molecule has 1 heterocycles. The first-order valence-corrected chi connectivity index (χ1v) is 6.08. The Balaban J connectivity index is 2.17. The van der Waals surface area contributed by atoms with E-state index in [9.17, 15) is 0 Å². The molecule has 0 saturated carbocycles. The van der Waals surface area contributed by atoms with Crippen molar-refractivity contribution in [1.29, 1.82) is 0 Å². The van der Waals surface area contributed by atoms with Crippen LogP contribution in [-0.2, 0) is 11.3 Å². The number of nitrogens with one attached hydrogen (secondary N) is 1. The molecule has 1 rings (SSSR count). The van der Waals surface area contributed by atoms with Crippen LogP contribution in [0.15, 0.2) is 5.38 Å². The first kappa shape index (κ1) is 12.6. The summed E-state index contributed by atoms with van der Waals surface area (Å²) >= 11 is 1.70. The second-order valence-corrected chi connectivity index (χ2v) is 5.31. The lowest BCUT2D eigenvalue weighted by Crippen LogP contribution is -2.28. The molecule has 0 amide bonds. The Morgan fingerprint density at radius 1 is 1.53 bits per heavy atom. The molecule has 0 radical (unpaired) electrons. The molecule has 3 nitrogen and oxygen atoms in total. The van der Waals surface area contributed by atoms with Crippen LogP contribution in [0.25, 0.3) is 0 Å². The van der Waals surface area contributed by atoms with Crippen LogP contribution in [0.5, 0.6) is 0 Å². The van der Waals surface area contributed by atoms with E-state index >= 15 is 0 Å². The number of ether oxygens (including phenoxy) is 1. The van der Waals surface area contributed by atoms with Crippen molar-refractivity contribution < 1.29 is 4.74 Å².